The summed E-state index contributed by atoms with van der Waals surface area (Å²) in [4.78, 5) is 13.4. The van der Waals surface area contributed by atoms with Crippen LogP contribution in [0.3, 0.4) is 0 Å². The number of benzene rings is 1. The van der Waals surface area contributed by atoms with E-state index in [1.807, 2.05) is 19.2 Å². The first-order chi connectivity index (χ1) is 10.0. The third-order valence-electron chi connectivity index (χ3n) is 3.39. The molecule has 0 aliphatic carbocycles. The molecule has 0 unspecified atom stereocenters. The fourth-order valence-corrected chi connectivity index (χ4v) is 1.91. The van der Waals surface area contributed by atoms with Crippen LogP contribution in [-0.4, -0.2) is 37.7 Å². The number of urea groups is 1. The van der Waals surface area contributed by atoms with Gasteiger partial charge in [-0.25, -0.2) is 4.79 Å². The minimum Gasteiger partial charge on any atom is -0.492 e. The standard InChI is InChI=1S/C17H28N2O2/c1-5-6-12-19(4)17(20)18-11-13-21-16-9-7-15(8-10-16)14(2)3/h7-10,14H,5-6,11-13H2,1-4H3,(H,18,20). The third kappa shape index (κ3) is 6.52. The molecule has 0 aromatic heterocycles. The molecule has 0 spiro atoms. The summed E-state index contributed by atoms with van der Waals surface area (Å²) < 4.78 is 5.62. The molecule has 2 amide bonds. The Kier molecular flexibility index (Phi) is 7.65. The fourth-order valence-electron chi connectivity index (χ4n) is 1.91. The van der Waals surface area contributed by atoms with Crippen molar-refractivity contribution in [2.24, 2.45) is 0 Å². The van der Waals surface area contributed by atoms with Gasteiger partial charge in [0.1, 0.15) is 12.4 Å². The van der Waals surface area contributed by atoms with Gasteiger partial charge in [0.15, 0.2) is 0 Å². The van der Waals surface area contributed by atoms with Crippen molar-refractivity contribution in [2.75, 3.05) is 26.7 Å². The van der Waals surface area contributed by atoms with Crippen molar-refractivity contribution in [3.05, 3.63) is 29.8 Å². The van der Waals surface area contributed by atoms with Crippen LogP contribution in [0.4, 0.5) is 4.79 Å². The van der Waals surface area contributed by atoms with Crippen LogP contribution in [0.2, 0.25) is 0 Å². The van der Waals surface area contributed by atoms with Gasteiger partial charge < -0.3 is 15.0 Å². The predicted molar refractivity (Wildman–Crippen MR) is 87.0 cm³/mol. The second kappa shape index (κ2) is 9.27. The Balaban J connectivity index is 2.23. The van der Waals surface area contributed by atoms with Gasteiger partial charge in [0.2, 0.25) is 0 Å². The Morgan fingerprint density at radius 1 is 1.29 bits per heavy atom. The zero-order chi connectivity index (χ0) is 15.7. The molecule has 0 heterocycles. The van der Waals surface area contributed by atoms with Crippen molar-refractivity contribution in [3.63, 3.8) is 0 Å². The molecular formula is C17H28N2O2. The van der Waals surface area contributed by atoms with Gasteiger partial charge in [-0.05, 0) is 30.0 Å². The van der Waals surface area contributed by atoms with Crippen LogP contribution < -0.4 is 10.1 Å². The van der Waals surface area contributed by atoms with Crippen molar-refractivity contribution in [2.45, 2.75) is 39.5 Å². The van der Waals surface area contributed by atoms with Crippen LogP contribution in [0.5, 0.6) is 5.75 Å². The molecular weight excluding hydrogens is 264 g/mol. The van der Waals surface area contributed by atoms with E-state index in [1.54, 1.807) is 4.90 Å². The van der Waals surface area contributed by atoms with Gasteiger partial charge in [-0.3, -0.25) is 0 Å². The van der Waals surface area contributed by atoms with Gasteiger partial charge >= 0.3 is 6.03 Å². The molecule has 4 nitrogen and oxygen atoms in total. The van der Waals surface area contributed by atoms with Gasteiger partial charge in [0.05, 0.1) is 6.54 Å². The lowest BCUT2D eigenvalue weighted by Crippen LogP contribution is -2.39. The number of amides is 2. The summed E-state index contributed by atoms with van der Waals surface area (Å²) in [5, 5.41) is 2.85. The van der Waals surface area contributed by atoms with Crippen molar-refractivity contribution in [1.29, 1.82) is 0 Å². The lowest BCUT2D eigenvalue weighted by molar-refractivity contribution is 0.204. The quantitative estimate of drug-likeness (QED) is 0.743. The van der Waals surface area contributed by atoms with Crippen LogP contribution in [0.25, 0.3) is 0 Å². The Morgan fingerprint density at radius 2 is 1.95 bits per heavy atom. The number of nitrogens with zero attached hydrogens (tertiary/aromatic N) is 1. The van der Waals surface area contributed by atoms with Crippen LogP contribution in [-0.2, 0) is 0 Å². The van der Waals surface area contributed by atoms with Crippen LogP contribution >= 0.6 is 0 Å². The van der Waals surface area contributed by atoms with E-state index in [4.69, 9.17) is 4.74 Å². The summed E-state index contributed by atoms with van der Waals surface area (Å²) in [6.45, 7) is 8.24. The Bertz CT molecular complexity index is 415. The molecule has 1 rings (SSSR count). The second-order valence-electron chi connectivity index (χ2n) is 5.58. The number of carbonyl (C=O) groups excluding carboxylic acids is 1. The summed E-state index contributed by atoms with van der Waals surface area (Å²) in [7, 11) is 1.82. The molecule has 1 N–H and O–H groups in total. The first-order valence-corrected chi connectivity index (χ1v) is 7.76. The summed E-state index contributed by atoms with van der Waals surface area (Å²) in [5.74, 6) is 1.37. The molecule has 0 aliphatic heterocycles. The molecule has 1 aromatic rings. The number of hydrogen-bond donors (Lipinski definition) is 1. The predicted octanol–water partition coefficient (Wildman–Crippen LogP) is 3.63. The molecule has 0 radical (unpaired) electrons. The normalized spacial score (nSPS) is 10.5. The molecule has 1 aromatic carbocycles. The maximum Gasteiger partial charge on any atom is 0.317 e. The summed E-state index contributed by atoms with van der Waals surface area (Å²) in [5.41, 5.74) is 1.30. The van der Waals surface area contributed by atoms with Gasteiger partial charge in [-0.15, -0.1) is 0 Å². The maximum absolute atomic E-state index is 11.7. The Labute approximate surface area is 128 Å². The maximum atomic E-state index is 11.7. The van der Waals surface area contributed by atoms with Gasteiger partial charge in [-0.1, -0.05) is 39.3 Å². The first-order valence-electron chi connectivity index (χ1n) is 7.76. The summed E-state index contributed by atoms with van der Waals surface area (Å²) in [6, 6.07) is 8.07. The highest BCUT2D eigenvalue weighted by molar-refractivity contribution is 5.73. The molecule has 4 heteroatoms. The van der Waals surface area contributed by atoms with Crippen LogP contribution in [0.15, 0.2) is 24.3 Å². The lowest BCUT2D eigenvalue weighted by atomic mass is 10.0. The van der Waals surface area contributed by atoms with Gasteiger partial charge in [0.25, 0.3) is 0 Å². The number of hydrogen-bond acceptors (Lipinski definition) is 2. The topological polar surface area (TPSA) is 41.6 Å². The van der Waals surface area contributed by atoms with Crippen LogP contribution in [0.1, 0.15) is 45.1 Å². The fraction of sp³-hybridized carbons (Fsp3) is 0.588. The average molecular weight is 292 g/mol. The van der Waals surface area contributed by atoms with E-state index in [0.717, 1.165) is 25.1 Å². The highest BCUT2D eigenvalue weighted by atomic mass is 16.5. The average Bonchev–Trinajstić information content (AvgIpc) is 2.49. The molecule has 0 fully saturated rings. The molecule has 0 saturated heterocycles. The largest absolute Gasteiger partial charge is 0.492 e. The third-order valence-corrected chi connectivity index (χ3v) is 3.39. The van der Waals surface area contributed by atoms with Crippen molar-refractivity contribution >= 4 is 6.03 Å². The number of carbonyl (C=O) groups is 1. The van der Waals surface area contributed by atoms with E-state index in [9.17, 15) is 4.79 Å². The summed E-state index contributed by atoms with van der Waals surface area (Å²) >= 11 is 0. The highest BCUT2D eigenvalue weighted by Crippen LogP contribution is 2.18. The summed E-state index contributed by atoms with van der Waals surface area (Å²) in [6.07, 6.45) is 2.12. The van der Waals surface area contributed by atoms with Crippen molar-refractivity contribution in [1.82, 2.24) is 10.2 Å². The number of rotatable bonds is 8. The minimum atomic E-state index is -0.0396. The highest BCUT2D eigenvalue weighted by Gasteiger charge is 2.06. The van der Waals surface area contributed by atoms with Crippen molar-refractivity contribution < 1.29 is 9.53 Å². The van der Waals surface area contributed by atoms with E-state index < -0.39 is 0 Å². The van der Waals surface area contributed by atoms with E-state index in [1.165, 1.54) is 5.56 Å². The molecule has 21 heavy (non-hydrogen) atoms. The number of unbranched alkanes of at least 4 members (excludes halogenated alkanes) is 1. The van der Waals surface area contributed by atoms with Crippen molar-refractivity contribution in [3.8, 4) is 5.75 Å². The molecule has 118 valence electrons. The zero-order valence-corrected chi connectivity index (χ0v) is 13.7. The number of ether oxygens (including phenoxy) is 1. The SMILES string of the molecule is CCCCN(C)C(=O)NCCOc1ccc(C(C)C)cc1. The monoisotopic (exact) mass is 292 g/mol. The molecule has 0 atom stereocenters. The Morgan fingerprint density at radius 3 is 2.52 bits per heavy atom. The lowest BCUT2D eigenvalue weighted by Gasteiger charge is -2.17. The number of nitrogens with one attached hydrogen (secondary N) is 1. The van der Waals surface area contributed by atoms with Gasteiger partial charge in [0, 0.05) is 13.6 Å². The minimum absolute atomic E-state index is 0.0396. The molecule has 0 bridgehead atoms. The van der Waals surface area contributed by atoms with Gasteiger partial charge in [-0.2, -0.15) is 0 Å². The van der Waals surface area contributed by atoms with E-state index in [2.05, 4.69) is 38.2 Å². The van der Waals surface area contributed by atoms with Crippen LogP contribution in [0, 0.1) is 0 Å². The van der Waals surface area contributed by atoms with E-state index in [0.29, 0.717) is 19.1 Å². The zero-order valence-electron chi connectivity index (χ0n) is 13.7. The first kappa shape index (κ1) is 17.3. The second-order valence-corrected chi connectivity index (χ2v) is 5.58. The Hall–Kier alpha value is -1.71. The smallest absolute Gasteiger partial charge is 0.317 e. The molecule has 0 aliphatic rings. The molecule has 0 saturated carbocycles. The van der Waals surface area contributed by atoms with E-state index in [-0.39, 0.29) is 6.03 Å². The van der Waals surface area contributed by atoms with E-state index >= 15 is 0 Å².